The predicted octanol–water partition coefficient (Wildman–Crippen LogP) is 2.18. The van der Waals surface area contributed by atoms with E-state index in [0.29, 0.717) is 0 Å². The van der Waals surface area contributed by atoms with Crippen molar-refractivity contribution in [2.75, 3.05) is 5.32 Å². The maximum absolute atomic E-state index is 4.45. The largest absolute Gasteiger partial charge is 0.381 e. The molecule has 3 rings (SSSR count). The van der Waals surface area contributed by atoms with Crippen molar-refractivity contribution < 1.29 is 0 Å². The summed E-state index contributed by atoms with van der Waals surface area (Å²) in [4.78, 5) is 3.95. The van der Waals surface area contributed by atoms with Crippen molar-refractivity contribution in [3.05, 3.63) is 54.4 Å². The van der Waals surface area contributed by atoms with Crippen LogP contribution in [0.2, 0.25) is 0 Å². The lowest BCUT2D eigenvalue weighted by Crippen LogP contribution is -2.01. The van der Waals surface area contributed by atoms with Gasteiger partial charge in [0.2, 0.25) is 0 Å². The molecule has 2 heterocycles. The number of hydrogen-bond acceptors (Lipinski definition) is 4. The third-order valence-electron chi connectivity index (χ3n) is 3.36. The van der Waals surface area contributed by atoms with Crippen LogP contribution in [0.1, 0.15) is 18.2 Å². The van der Waals surface area contributed by atoms with Crippen molar-refractivity contribution in [2.45, 2.75) is 19.9 Å². The van der Waals surface area contributed by atoms with Gasteiger partial charge in [0.15, 0.2) is 0 Å². The molecule has 0 fully saturated rings. The Hall–Kier alpha value is -2.63. The number of rotatable bonds is 5. The molecular weight excluding hydrogens is 264 g/mol. The van der Waals surface area contributed by atoms with Gasteiger partial charge in [-0.1, -0.05) is 6.92 Å². The van der Waals surface area contributed by atoms with Crippen molar-refractivity contribution >= 4 is 5.69 Å². The highest BCUT2D eigenvalue weighted by atomic mass is 15.3. The molecule has 108 valence electrons. The normalized spacial score (nSPS) is 10.8. The predicted molar refractivity (Wildman–Crippen MR) is 81.3 cm³/mol. The van der Waals surface area contributed by atoms with Crippen LogP contribution in [-0.2, 0) is 20.0 Å². The van der Waals surface area contributed by atoms with E-state index in [9.17, 15) is 0 Å². The van der Waals surface area contributed by atoms with Gasteiger partial charge in [-0.25, -0.2) is 9.67 Å². The molecule has 1 aromatic carbocycles. The molecule has 0 aliphatic rings. The molecule has 0 unspecified atom stereocenters. The molecule has 21 heavy (non-hydrogen) atoms. The van der Waals surface area contributed by atoms with Gasteiger partial charge in [0, 0.05) is 31.0 Å². The zero-order chi connectivity index (χ0) is 14.7. The minimum Gasteiger partial charge on any atom is -0.381 e. The number of nitrogens with zero attached hydrogens (tertiary/aromatic N) is 5. The molecule has 0 aliphatic heterocycles. The summed E-state index contributed by atoms with van der Waals surface area (Å²) in [5.74, 6) is 0. The van der Waals surface area contributed by atoms with Crippen LogP contribution in [0.5, 0.6) is 0 Å². The van der Waals surface area contributed by atoms with Gasteiger partial charge in [0.1, 0.15) is 12.7 Å². The minimum atomic E-state index is 0.777. The maximum atomic E-state index is 4.45. The van der Waals surface area contributed by atoms with E-state index in [1.807, 2.05) is 36.0 Å². The second-order valence-electron chi connectivity index (χ2n) is 4.87. The lowest BCUT2D eigenvalue weighted by molar-refractivity contribution is 0.746. The van der Waals surface area contributed by atoms with E-state index >= 15 is 0 Å². The highest BCUT2D eigenvalue weighted by Crippen LogP contribution is 2.14. The van der Waals surface area contributed by atoms with E-state index < -0.39 is 0 Å². The van der Waals surface area contributed by atoms with Gasteiger partial charge in [-0.15, -0.1) is 0 Å². The fraction of sp³-hybridized carbons (Fsp3) is 0.267. The number of hydrogen-bond donors (Lipinski definition) is 1. The number of nitrogens with one attached hydrogen (secondary N) is 1. The van der Waals surface area contributed by atoms with Crippen molar-refractivity contribution in [2.24, 2.45) is 7.05 Å². The van der Waals surface area contributed by atoms with E-state index in [2.05, 4.69) is 33.6 Å². The summed E-state index contributed by atoms with van der Waals surface area (Å²) in [5.41, 5.74) is 4.45. The molecule has 0 aliphatic carbocycles. The molecule has 6 heteroatoms. The van der Waals surface area contributed by atoms with Crippen LogP contribution in [-0.4, -0.2) is 24.5 Å². The van der Waals surface area contributed by atoms with E-state index in [-0.39, 0.29) is 0 Å². The monoisotopic (exact) mass is 282 g/mol. The Morgan fingerprint density at radius 3 is 2.67 bits per heavy atom. The standard InChI is InChI=1S/C15H18N6/c1-3-15-12(9-20(2)19-15)8-17-13-4-6-14(7-5-13)21-11-16-10-18-21/h4-7,9-11,17H,3,8H2,1-2H3. The van der Waals surface area contributed by atoms with Crippen LogP contribution in [0.3, 0.4) is 0 Å². The highest BCUT2D eigenvalue weighted by Gasteiger charge is 2.05. The molecule has 0 radical (unpaired) electrons. The number of aromatic nitrogens is 5. The van der Waals surface area contributed by atoms with Gasteiger partial charge < -0.3 is 5.32 Å². The average Bonchev–Trinajstić information content (AvgIpc) is 3.15. The van der Waals surface area contributed by atoms with E-state index in [0.717, 1.165) is 30.0 Å². The van der Waals surface area contributed by atoms with Crippen LogP contribution in [0.25, 0.3) is 5.69 Å². The highest BCUT2D eigenvalue weighted by molar-refractivity contribution is 5.48. The fourth-order valence-electron chi connectivity index (χ4n) is 2.30. The Balaban J connectivity index is 1.68. The number of aryl methyl sites for hydroxylation is 2. The minimum absolute atomic E-state index is 0.777. The van der Waals surface area contributed by atoms with Gasteiger partial charge in [-0.3, -0.25) is 4.68 Å². The van der Waals surface area contributed by atoms with Crippen LogP contribution >= 0.6 is 0 Å². The Morgan fingerprint density at radius 2 is 2.00 bits per heavy atom. The summed E-state index contributed by atoms with van der Waals surface area (Å²) in [6, 6.07) is 8.11. The first-order valence-corrected chi connectivity index (χ1v) is 6.96. The summed E-state index contributed by atoms with van der Waals surface area (Å²) in [7, 11) is 1.95. The Bertz CT molecular complexity index is 696. The number of anilines is 1. The van der Waals surface area contributed by atoms with Gasteiger partial charge in [0.05, 0.1) is 11.4 Å². The fourth-order valence-corrected chi connectivity index (χ4v) is 2.30. The van der Waals surface area contributed by atoms with Crippen molar-refractivity contribution in [3.63, 3.8) is 0 Å². The third kappa shape index (κ3) is 2.94. The molecule has 3 aromatic rings. The summed E-state index contributed by atoms with van der Waals surface area (Å²) in [6.07, 6.45) is 6.23. The Kier molecular flexibility index (Phi) is 3.68. The molecule has 0 bridgehead atoms. The zero-order valence-corrected chi connectivity index (χ0v) is 12.2. The molecule has 0 atom stereocenters. The summed E-state index contributed by atoms with van der Waals surface area (Å²) in [6.45, 7) is 2.90. The molecule has 0 saturated carbocycles. The molecule has 6 nitrogen and oxygen atoms in total. The van der Waals surface area contributed by atoms with Gasteiger partial charge >= 0.3 is 0 Å². The SMILES string of the molecule is CCc1nn(C)cc1CNc1ccc(-n2cncn2)cc1. The maximum Gasteiger partial charge on any atom is 0.138 e. The van der Waals surface area contributed by atoms with E-state index in [1.54, 1.807) is 11.0 Å². The molecule has 2 aromatic heterocycles. The molecule has 0 saturated heterocycles. The first-order valence-electron chi connectivity index (χ1n) is 6.96. The quantitative estimate of drug-likeness (QED) is 0.779. The van der Waals surface area contributed by atoms with Gasteiger partial charge in [0.25, 0.3) is 0 Å². The summed E-state index contributed by atoms with van der Waals surface area (Å²) < 4.78 is 3.60. The molecule has 0 spiro atoms. The van der Waals surface area contributed by atoms with Crippen molar-refractivity contribution in [1.82, 2.24) is 24.5 Å². The van der Waals surface area contributed by atoms with Crippen molar-refractivity contribution in [1.29, 1.82) is 0 Å². The molecule has 1 N–H and O–H groups in total. The lowest BCUT2D eigenvalue weighted by atomic mass is 10.2. The van der Waals surface area contributed by atoms with Crippen LogP contribution in [0.15, 0.2) is 43.1 Å². The first kappa shape index (κ1) is 13.4. The zero-order valence-electron chi connectivity index (χ0n) is 12.2. The van der Waals surface area contributed by atoms with Crippen molar-refractivity contribution in [3.8, 4) is 5.69 Å². The first-order chi connectivity index (χ1) is 10.3. The second-order valence-corrected chi connectivity index (χ2v) is 4.87. The van der Waals surface area contributed by atoms with Gasteiger partial charge in [-0.05, 0) is 30.7 Å². The van der Waals surface area contributed by atoms with E-state index in [1.165, 1.54) is 11.9 Å². The van der Waals surface area contributed by atoms with Gasteiger partial charge in [-0.2, -0.15) is 10.2 Å². The summed E-state index contributed by atoms with van der Waals surface area (Å²) in [5, 5.41) is 12.0. The number of benzene rings is 1. The second kappa shape index (κ2) is 5.78. The average molecular weight is 282 g/mol. The van der Waals surface area contributed by atoms with E-state index in [4.69, 9.17) is 0 Å². The molecule has 0 amide bonds. The topological polar surface area (TPSA) is 60.6 Å². The summed E-state index contributed by atoms with van der Waals surface area (Å²) >= 11 is 0. The van der Waals surface area contributed by atoms with Crippen LogP contribution in [0, 0.1) is 0 Å². The third-order valence-corrected chi connectivity index (χ3v) is 3.36. The smallest absolute Gasteiger partial charge is 0.138 e. The lowest BCUT2D eigenvalue weighted by Gasteiger charge is -2.07. The van der Waals surface area contributed by atoms with Crippen LogP contribution < -0.4 is 5.32 Å². The van der Waals surface area contributed by atoms with Crippen LogP contribution in [0.4, 0.5) is 5.69 Å². The Labute approximate surface area is 123 Å². The Morgan fingerprint density at radius 1 is 1.19 bits per heavy atom. The molecular formula is C15H18N6.